The van der Waals surface area contributed by atoms with Crippen molar-refractivity contribution in [3.63, 3.8) is 0 Å². The lowest BCUT2D eigenvalue weighted by Crippen LogP contribution is -2.43. The minimum atomic E-state index is -0.566. The molecule has 3 aromatic rings. The van der Waals surface area contributed by atoms with Gasteiger partial charge in [0.15, 0.2) is 0 Å². The van der Waals surface area contributed by atoms with Crippen molar-refractivity contribution in [3.05, 3.63) is 106 Å². The lowest BCUT2D eigenvalue weighted by Gasteiger charge is -2.32. The first-order valence-corrected chi connectivity index (χ1v) is 10.1. The number of anilines is 1. The fourth-order valence-electron chi connectivity index (χ4n) is 3.34. The number of rotatable bonds is 6. The van der Waals surface area contributed by atoms with Gasteiger partial charge in [0, 0.05) is 31.2 Å². The number of benzene rings is 1. The Hall–Kier alpha value is -4.60. The summed E-state index contributed by atoms with van der Waals surface area (Å²) in [7, 11) is 0. The normalized spacial score (nSPS) is 13.0. The van der Waals surface area contributed by atoms with Crippen LogP contribution in [0.3, 0.4) is 0 Å². The van der Waals surface area contributed by atoms with E-state index in [4.69, 9.17) is 0 Å². The van der Waals surface area contributed by atoms with Gasteiger partial charge < -0.3 is 15.1 Å². The predicted octanol–water partition coefficient (Wildman–Crippen LogP) is 2.75. The van der Waals surface area contributed by atoms with E-state index in [1.54, 1.807) is 47.6 Å². The standard InChI is InChI=1S/C23H20N6O4/c30-22(26-15-18-6-3-4-11-24-18)17-9-10-21(25-14-17)27-12-5-13-28(16-27)23(31)19-7-1-2-8-20(19)29(32)33/h1-12,14H,13,15-16H2,(H,26,30). The highest BCUT2D eigenvalue weighted by molar-refractivity contribution is 5.98. The monoisotopic (exact) mass is 444 g/mol. The van der Waals surface area contributed by atoms with Gasteiger partial charge in [-0.15, -0.1) is 0 Å². The summed E-state index contributed by atoms with van der Waals surface area (Å²) in [5, 5.41) is 14.1. The maximum atomic E-state index is 12.9. The third kappa shape index (κ3) is 5.01. The number of pyridine rings is 2. The molecule has 0 saturated heterocycles. The molecule has 0 atom stereocenters. The molecular weight excluding hydrogens is 424 g/mol. The van der Waals surface area contributed by atoms with Crippen molar-refractivity contribution >= 4 is 23.3 Å². The number of hydrogen-bond donors (Lipinski definition) is 1. The summed E-state index contributed by atoms with van der Waals surface area (Å²) in [6, 6.07) is 14.7. The van der Waals surface area contributed by atoms with Gasteiger partial charge in [-0.3, -0.25) is 24.7 Å². The molecule has 1 aromatic carbocycles. The molecule has 0 unspecified atom stereocenters. The first-order valence-electron chi connectivity index (χ1n) is 10.1. The zero-order chi connectivity index (χ0) is 23.2. The van der Waals surface area contributed by atoms with Crippen LogP contribution in [0.25, 0.3) is 0 Å². The van der Waals surface area contributed by atoms with Gasteiger partial charge in [0.2, 0.25) is 0 Å². The Morgan fingerprint density at radius 2 is 1.88 bits per heavy atom. The number of nitro groups is 1. The molecule has 0 radical (unpaired) electrons. The van der Waals surface area contributed by atoms with E-state index < -0.39 is 10.8 Å². The maximum absolute atomic E-state index is 12.9. The third-order valence-corrected chi connectivity index (χ3v) is 5.01. The Labute approximate surface area is 189 Å². The minimum Gasteiger partial charge on any atom is -0.346 e. The van der Waals surface area contributed by atoms with Gasteiger partial charge in [-0.05, 0) is 36.4 Å². The molecule has 3 heterocycles. The summed E-state index contributed by atoms with van der Waals surface area (Å²) in [6.45, 7) is 0.786. The Balaban J connectivity index is 1.42. The molecule has 2 amide bonds. The van der Waals surface area contributed by atoms with E-state index in [1.807, 2.05) is 12.1 Å². The molecule has 4 rings (SSSR count). The molecule has 0 aliphatic carbocycles. The molecule has 1 N–H and O–H groups in total. The smallest absolute Gasteiger partial charge is 0.282 e. The van der Waals surface area contributed by atoms with Crippen molar-refractivity contribution in [1.29, 1.82) is 0 Å². The van der Waals surface area contributed by atoms with Crippen molar-refractivity contribution in [1.82, 2.24) is 20.2 Å². The molecular formula is C23H20N6O4. The molecule has 0 saturated carbocycles. The Morgan fingerprint density at radius 3 is 2.61 bits per heavy atom. The SMILES string of the molecule is O=C(NCc1ccccn1)c1ccc(N2C=CCN(C(=O)c3ccccc3[N+](=O)[O-])C2)nc1. The Kier molecular flexibility index (Phi) is 6.35. The predicted molar refractivity (Wildman–Crippen MR) is 120 cm³/mol. The summed E-state index contributed by atoms with van der Waals surface area (Å²) in [4.78, 5) is 47.7. The van der Waals surface area contributed by atoms with Crippen LogP contribution in [0.1, 0.15) is 26.4 Å². The lowest BCUT2D eigenvalue weighted by molar-refractivity contribution is -0.385. The van der Waals surface area contributed by atoms with Crippen LogP contribution in [-0.4, -0.2) is 44.8 Å². The maximum Gasteiger partial charge on any atom is 0.282 e. The van der Waals surface area contributed by atoms with Crippen LogP contribution >= 0.6 is 0 Å². The number of aromatic nitrogens is 2. The number of nitrogens with zero attached hydrogens (tertiary/aromatic N) is 5. The summed E-state index contributed by atoms with van der Waals surface area (Å²) < 4.78 is 0. The molecule has 10 nitrogen and oxygen atoms in total. The molecule has 1 aliphatic heterocycles. The highest BCUT2D eigenvalue weighted by atomic mass is 16.6. The second-order valence-corrected chi connectivity index (χ2v) is 7.21. The van der Waals surface area contributed by atoms with Crippen molar-refractivity contribution in [2.75, 3.05) is 18.1 Å². The van der Waals surface area contributed by atoms with Crippen LogP contribution in [0.4, 0.5) is 11.5 Å². The van der Waals surface area contributed by atoms with E-state index in [9.17, 15) is 19.7 Å². The number of para-hydroxylation sites is 1. The van der Waals surface area contributed by atoms with Gasteiger partial charge in [-0.1, -0.05) is 18.2 Å². The number of nitrogens with one attached hydrogen (secondary N) is 1. The molecule has 10 heteroatoms. The molecule has 0 fully saturated rings. The number of hydrogen-bond acceptors (Lipinski definition) is 7. The summed E-state index contributed by atoms with van der Waals surface area (Å²) in [5.41, 5.74) is 0.939. The van der Waals surface area contributed by atoms with Crippen LogP contribution in [0.15, 0.2) is 79.3 Å². The summed E-state index contributed by atoms with van der Waals surface area (Å²) in [5.74, 6) is -0.183. The lowest BCUT2D eigenvalue weighted by atomic mass is 10.1. The zero-order valence-corrected chi connectivity index (χ0v) is 17.5. The summed E-state index contributed by atoms with van der Waals surface area (Å²) in [6.07, 6.45) is 6.67. The van der Waals surface area contributed by atoms with Crippen LogP contribution in [0.5, 0.6) is 0 Å². The van der Waals surface area contributed by atoms with Crippen molar-refractivity contribution < 1.29 is 14.5 Å². The number of carbonyl (C=O) groups is 2. The van der Waals surface area contributed by atoms with Crippen molar-refractivity contribution in [2.24, 2.45) is 0 Å². The van der Waals surface area contributed by atoms with Crippen LogP contribution < -0.4 is 10.2 Å². The quantitative estimate of drug-likeness (QED) is 0.458. The van der Waals surface area contributed by atoms with E-state index in [0.29, 0.717) is 24.5 Å². The van der Waals surface area contributed by atoms with Crippen molar-refractivity contribution in [3.8, 4) is 0 Å². The third-order valence-electron chi connectivity index (χ3n) is 5.01. The van der Waals surface area contributed by atoms with Gasteiger partial charge >= 0.3 is 0 Å². The van der Waals surface area contributed by atoms with E-state index in [0.717, 1.165) is 5.69 Å². The van der Waals surface area contributed by atoms with E-state index in [1.165, 1.54) is 29.3 Å². The fraction of sp³-hybridized carbons (Fsp3) is 0.130. The summed E-state index contributed by atoms with van der Waals surface area (Å²) >= 11 is 0. The largest absolute Gasteiger partial charge is 0.346 e. The fourth-order valence-corrected chi connectivity index (χ4v) is 3.34. The number of nitro benzene ring substituents is 1. The van der Waals surface area contributed by atoms with Crippen LogP contribution in [0.2, 0.25) is 0 Å². The second kappa shape index (κ2) is 9.69. The van der Waals surface area contributed by atoms with E-state index in [2.05, 4.69) is 15.3 Å². The topological polar surface area (TPSA) is 122 Å². The van der Waals surface area contributed by atoms with Crippen LogP contribution in [-0.2, 0) is 6.54 Å². The van der Waals surface area contributed by atoms with Gasteiger partial charge in [-0.25, -0.2) is 4.98 Å². The first kappa shape index (κ1) is 21.6. The van der Waals surface area contributed by atoms with E-state index >= 15 is 0 Å². The zero-order valence-electron chi connectivity index (χ0n) is 17.5. The second-order valence-electron chi connectivity index (χ2n) is 7.21. The van der Waals surface area contributed by atoms with Gasteiger partial charge in [0.25, 0.3) is 17.5 Å². The Morgan fingerprint density at radius 1 is 1.06 bits per heavy atom. The molecule has 0 bridgehead atoms. The number of carbonyl (C=O) groups excluding carboxylic acids is 2. The molecule has 166 valence electrons. The molecule has 0 spiro atoms. The van der Waals surface area contributed by atoms with Crippen molar-refractivity contribution in [2.45, 2.75) is 6.54 Å². The van der Waals surface area contributed by atoms with Gasteiger partial charge in [0.1, 0.15) is 11.4 Å². The first-order chi connectivity index (χ1) is 16.0. The minimum absolute atomic E-state index is 0.0330. The average Bonchev–Trinajstić information content (AvgIpc) is 2.87. The molecule has 1 aliphatic rings. The highest BCUT2D eigenvalue weighted by Crippen LogP contribution is 2.22. The van der Waals surface area contributed by atoms with Gasteiger partial charge in [-0.2, -0.15) is 0 Å². The Bertz CT molecular complexity index is 1200. The van der Waals surface area contributed by atoms with Gasteiger partial charge in [0.05, 0.1) is 29.4 Å². The molecule has 33 heavy (non-hydrogen) atoms. The van der Waals surface area contributed by atoms with E-state index in [-0.39, 0.29) is 23.8 Å². The highest BCUT2D eigenvalue weighted by Gasteiger charge is 2.26. The van der Waals surface area contributed by atoms with Crippen LogP contribution in [0, 0.1) is 10.1 Å². The average molecular weight is 444 g/mol. The molecule has 2 aromatic heterocycles. The number of amides is 2.